The summed E-state index contributed by atoms with van der Waals surface area (Å²) in [7, 11) is 0. The summed E-state index contributed by atoms with van der Waals surface area (Å²) in [6, 6.07) is 35.2. The number of benzene rings is 4. The number of rotatable bonds is 2. The zero-order valence-electron chi connectivity index (χ0n) is 18.0. The lowest BCUT2D eigenvalue weighted by molar-refractivity contribution is 0.444. The van der Waals surface area contributed by atoms with Gasteiger partial charge in [0.2, 0.25) is 0 Å². The van der Waals surface area contributed by atoms with Crippen LogP contribution in [0.1, 0.15) is 42.5 Å². The molecule has 0 atom stereocenters. The fraction of sp³-hybridized carbons (Fsp3) is 0.167. The third-order valence-corrected chi connectivity index (χ3v) is 7.16. The smallest absolute Gasteiger partial charge is 0.0783 e. The molecule has 1 aliphatic carbocycles. The first-order valence-electron chi connectivity index (χ1n) is 11.0. The van der Waals surface area contributed by atoms with Crippen LogP contribution in [-0.2, 0) is 10.8 Å². The van der Waals surface area contributed by atoms with Crippen LogP contribution in [0.3, 0.4) is 0 Å². The van der Waals surface area contributed by atoms with Crippen molar-refractivity contribution in [1.29, 1.82) is 0 Å². The van der Waals surface area contributed by atoms with Gasteiger partial charge in [0.05, 0.1) is 5.52 Å². The van der Waals surface area contributed by atoms with Crippen LogP contribution < -0.4 is 0 Å². The van der Waals surface area contributed by atoms with E-state index in [0.717, 1.165) is 11.9 Å². The Bertz CT molecular complexity index is 1380. The molecular weight excluding hydrogens is 374 g/mol. The first-order chi connectivity index (χ1) is 15.1. The van der Waals surface area contributed by atoms with Gasteiger partial charge in [-0.05, 0) is 39.5 Å². The zero-order valence-corrected chi connectivity index (χ0v) is 18.0. The maximum Gasteiger partial charge on any atom is 0.0783 e. The van der Waals surface area contributed by atoms with Crippen molar-refractivity contribution in [2.24, 2.45) is 0 Å². The molecule has 0 saturated heterocycles. The van der Waals surface area contributed by atoms with E-state index in [-0.39, 0.29) is 10.8 Å². The Morgan fingerprint density at radius 3 is 1.94 bits per heavy atom. The SMILES string of the molecule is CC1(C)CC(c2ccccc2)(c2ccccc2)c2c1cnc1c2ccc2ccccc21. The lowest BCUT2D eigenvalue weighted by Gasteiger charge is -2.34. The molecule has 0 radical (unpaired) electrons. The lowest BCUT2D eigenvalue weighted by Crippen LogP contribution is -2.29. The second kappa shape index (κ2) is 6.52. The largest absolute Gasteiger partial charge is 0.255 e. The fourth-order valence-corrected chi connectivity index (χ4v) is 5.86. The van der Waals surface area contributed by atoms with Crippen LogP contribution >= 0.6 is 0 Å². The standard InChI is InChI=1S/C30H25N/c1-29(2)20-30(22-12-5-3-6-13-22,23-14-7-4-8-15-23)27-25-18-17-21-11-9-10-16-24(21)28(25)31-19-26(27)29/h3-19H,20H2,1-2H3. The van der Waals surface area contributed by atoms with E-state index in [0.29, 0.717) is 0 Å². The number of pyridine rings is 1. The molecule has 0 unspecified atom stereocenters. The second-order valence-electron chi connectivity index (χ2n) is 9.43. The van der Waals surface area contributed by atoms with Crippen molar-refractivity contribution in [2.75, 3.05) is 0 Å². The molecule has 0 saturated carbocycles. The molecule has 0 spiro atoms. The molecule has 150 valence electrons. The number of hydrogen-bond donors (Lipinski definition) is 0. The van der Waals surface area contributed by atoms with Gasteiger partial charge in [-0.15, -0.1) is 0 Å². The van der Waals surface area contributed by atoms with Gasteiger partial charge in [-0.2, -0.15) is 0 Å². The van der Waals surface area contributed by atoms with E-state index < -0.39 is 0 Å². The quantitative estimate of drug-likeness (QED) is 0.282. The van der Waals surface area contributed by atoms with E-state index in [9.17, 15) is 0 Å². The molecule has 1 aromatic heterocycles. The highest BCUT2D eigenvalue weighted by atomic mass is 14.7. The predicted molar refractivity (Wildman–Crippen MR) is 130 cm³/mol. The molecule has 1 nitrogen and oxygen atoms in total. The molecule has 31 heavy (non-hydrogen) atoms. The Morgan fingerprint density at radius 2 is 1.26 bits per heavy atom. The number of fused-ring (bicyclic) bond motifs is 5. The average Bonchev–Trinajstić information content (AvgIpc) is 3.08. The predicted octanol–water partition coefficient (Wildman–Crippen LogP) is 7.40. The highest BCUT2D eigenvalue weighted by Crippen LogP contribution is 2.58. The van der Waals surface area contributed by atoms with Gasteiger partial charge in [0, 0.05) is 22.4 Å². The van der Waals surface area contributed by atoms with Crippen LogP contribution in [0.2, 0.25) is 0 Å². The van der Waals surface area contributed by atoms with E-state index in [2.05, 4.69) is 117 Å². The van der Waals surface area contributed by atoms with Crippen molar-refractivity contribution in [3.63, 3.8) is 0 Å². The number of hydrogen-bond acceptors (Lipinski definition) is 1. The minimum Gasteiger partial charge on any atom is -0.255 e. The minimum atomic E-state index is -0.203. The Labute approximate surface area is 183 Å². The maximum atomic E-state index is 5.03. The van der Waals surface area contributed by atoms with Crippen molar-refractivity contribution in [1.82, 2.24) is 4.98 Å². The van der Waals surface area contributed by atoms with Gasteiger partial charge in [0.1, 0.15) is 0 Å². The Kier molecular flexibility index (Phi) is 3.86. The van der Waals surface area contributed by atoms with Gasteiger partial charge < -0.3 is 0 Å². The molecule has 5 aromatic rings. The van der Waals surface area contributed by atoms with Gasteiger partial charge >= 0.3 is 0 Å². The maximum absolute atomic E-state index is 5.03. The van der Waals surface area contributed by atoms with E-state index in [1.807, 2.05) is 0 Å². The zero-order chi connectivity index (χ0) is 21.1. The third-order valence-electron chi connectivity index (χ3n) is 7.16. The van der Waals surface area contributed by atoms with Crippen LogP contribution in [0, 0.1) is 0 Å². The number of aromatic nitrogens is 1. The molecule has 1 heteroatoms. The van der Waals surface area contributed by atoms with Crippen molar-refractivity contribution >= 4 is 21.7 Å². The first kappa shape index (κ1) is 18.3. The Balaban J connectivity index is 1.81. The van der Waals surface area contributed by atoms with Crippen LogP contribution in [0.15, 0.2) is 103 Å². The second-order valence-corrected chi connectivity index (χ2v) is 9.43. The lowest BCUT2D eigenvalue weighted by atomic mass is 9.68. The van der Waals surface area contributed by atoms with Crippen molar-refractivity contribution < 1.29 is 0 Å². The van der Waals surface area contributed by atoms with Crippen molar-refractivity contribution in [2.45, 2.75) is 31.1 Å². The van der Waals surface area contributed by atoms with Crippen molar-refractivity contribution in [3.05, 3.63) is 126 Å². The topological polar surface area (TPSA) is 12.9 Å². The van der Waals surface area contributed by atoms with E-state index in [1.165, 1.54) is 38.4 Å². The summed E-state index contributed by atoms with van der Waals surface area (Å²) in [5.41, 5.74) is 6.42. The highest BCUT2D eigenvalue weighted by molar-refractivity contribution is 6.07. The summed E-state index contributed by atoms with van der Waals surface area (Å²) in [6.07, 6.45) is 3.18. The van der Waals surface area contributed by atoms with Gasteiger partial charge in [0.25, 0.3) is 0 Å². The van der Waals surface area contributed by atoms with Crippen LogP contribution in [-0.4, -0.2) is 4.98 Å². The summed E-state index contributed by atoms with van der Waals surface area (Å²) >= 11 is 0. The van der Waals surface area contributed by atoms with Crippen LogP contribution in [0.5, 0.6) is 0 Å². The van der Waals surface area contributed by atoms with Crippen LogP contribution in [0.25, 0.3) is 21.7 Å². The van der Waals surface area contributed by atoms with Gasteiger partial charge in [-0.25, -0.2) is 0 Å². The summed E-state index contributed by atoms with van der Waals surface area (Å²) in [5.74, 6) is 0. The normalized spacial score (nSPS) is 16.5. The molecule has 1 aliphatic rings. The molecule has 1 heterocycles. The Morgan fingerprint density at radius 1 is 0.645 bits per heavy atom. The summed E-state index contributed by atoms with van der Waals surface area (Å²) in [5, 5.41) is 3.74. The van der Waals surface area contributed by atoms with Crippen LogP contribution in [0.4, 0.5) is 0 Å². The summed E-state index contributed by atoms with van der Waals surface area (Å²) in [4.78, 5) is 5.03. The van der Waals surface area contributed by atoms with Gasteiger partial charge in [-0.1, -0.05) is 111 Å². The van der Waals surface area contributed by atoms with Crippen molar-refractivity contribution in [3.8, 4) is 0 Å². The fourth-order valence-electron chi connectivity index (χ4n) is 5.86. The van der Waals surface area contributed by atoms with E-state index >= 15 is 0 Å². The first-order valence-corrected chi connectivity index (χ1v) is 11.0. The van der Waals surface area contributed by atoms with Gasteiger partial charge in [-0.3, -0.25) is 4.98 Å². The average molecular weight is 400 g/mol. The molecule has 6 rings (SSSR count). The monoisotopic (exact) mass is 399 g/mol. The third kappa shape index (κ3) is 2.53. The van der Waals surface area contributed by atoms with E-state index in [4.69, 9.17) is 4.98 Å². The molecule has 0 aliphatic heterocycles. The molecule has 0 amide bonds. The van der Waals surface area contributed by atoms with Gasteiger partial charge in [0.15, 0.2) is 0 Å². The number of nitrogens with zero attached hydrogens (tertiary/aromatic N) is 1. The minimum absolute atomic E-state index is 0.0217. The van der Waals surface area contributed by atoms with E-state index in [1.54, 1.807) is 0 Å². The molecule has 0 fully saturated rings. The molecular formula is C30H25N. The Hall–Kier alpha value is -3.45. The summed E-state index contributed by atoms with van der Waals surface area (Å²) in [6.45, 7) is 4.74. The molecule has 4 aromatic carbocycles. The highest BCUT2D eigenvalue weighted by Gasteiger charge is 2.51. The molecule has 0 N–H and O–H groups in total. The molecule has 0 bridgehead atoms. The summed E-state index contributed by atoms with van der Waals surface area (Å²) < 4.78 is 0.